The number of ether oxygens (including phenoxy) is 1. The first-order chi connectivity index (χ1) is 6.59. The highest BCUT2D eigenvalue weighted by Crippen LogP contribution is 2.27. The van der Waals surface area contributed by atoms with Crippen LogP contribution in [0.2, 0.25) is 0 Å². The molecule has 0 spiro atoms. The molecule has 0 unspecified atom stereocenters. The third-order valence-electron chi connectivity index (χ3n) is 2.73. The lowest BCUT2D eigenvalue weighted by Crippen LogP contribution is -1.98. The Balaban J connectivity index is 2.58. The van der Waals surface area contributed by atoms with Crippen molar-refractivity contribution in [1.29, 1.82) is 0 Å². The van der Waals surface area contributed by atoms with E-state index in [9.17, 15) is 4.79 Å². The van der Waals surface area contributed by atoms with Gasteiger partial charge in [0.05, 0.1) is 5.56 Å². The van der Waals surface area contributed by atoms with Gasteiger partial charge in [0.1, 0.15) is 6.61 Å². The number of aryl methyl sites for hydroxylation is 1. The Labute approximate surface area is 83.9 Å². The van der Waals surface area contributed by atoms with Gasteiger partial charge in [0.15, 0.2) is 0 Å². The lowest BCUT2D eigenvalue weighted by Gasteiger charge is -2.08. The zero-order valence-electron chi connectivity index (χ0n) is 8.76. The average Bonchev–Trinajstić information content (AvgIpc) is 2.48. The molecule has 0 aliphatic carbocycles. The monoisotopic (exact) mass is 190 g/mol. The van der Waals surface area contributed by atoms with E-state index in [1.807, 2.05) is 13.0 Å². The van der Waals surface area contributed by atoms with Gasteiger partial charge in [-0.3, -0.25) is 0 Å². The summed E-state index contributed by atoms with van der Waals surface area (Å²) >= 11 is 0. The Hall–Kier alpha value is -1.31. The number of carbonyl (C=O) groups excluding carboxylic acids is 1. The van der Waals surface area contributed by atoms with E-state index < -0.39 is 0 Å². The van der Waals surface area contributed by atoms with Crippen LogP contribution < -0.4 is 0 Å². The minimum atomic E-state index is -0.175. The SMILES string of the molecule is Cc1cc(C(C)C)cc2c1COC2=O. The number of esters is 1. The number of hydrogen-bond acceptors (Lipinski definition) is 2. The average molecular weight is 190 g/mol. The van der Waals surface area contributed by atoms with Crippen LogP contribution in [0.15, 0.2) is 12.1 Å². The van der Waals surface area contributed by atoms with E-state index in [4.69, 9.17) is 4.74 Å². The van der Waals surface area contributed by atoms with Crippen LogP contribution in [0.5, 0.6) is 0 Å². The van der Waals surface area contributed by atoms with Crippen LogP contribution >= 0.6 is 0 Å². The number of benzene rings is 1. The van der Waals surface area contributed by atoms with Crippen LogP contribution in [0.25, 0.3) is 0 Å². The second-order valence-corrected chi connectivity index (χ2v) is 4.09. The van der Waals surface area contributed by atoms with Crippen molar-refractivity contribution in [3.05, 3.63) is 34.4 Å². The van der Waals surface area contributed by atoms with Gasteiger partial charge in [-0.05, 0) is 30.0 Å². The van der Waals surface area contributed by atoms with Crippen LogP contribution in [0, 0.1) is 6.92 Å². The van der Waals surface area contributed by atoms with Gasteiger partial charge >= 0.3 is 5.97 Å². The zero-order chi connectivity index (χ0) is 10.3. The van der Waals surface area contributed by atoms with Gasteiger partial charge in [-0.15, -0.1) is 0 Å². The van der Waals surface area contributed by atoms with Crippen molar-refractivity contribution in [2.45, 2.75) is 33.3 Å². The molecular weight excluding hydrogens is 176 g/mol. The summed E-state index contributed by atoms with van der Waals surface area (Å²) in [6.07, 6.45) is 0. The first-order valence-corrected chi connectivity index (χ1v) is 4.90. The summed E-state index contributed by atoms with van der Waals surface area (Å²) < 4.78 is 5.00. The van der Waals surface area contributed by atoms with E-state index in [1.165, 1.54) is 5.56 Å². The summed E-state index contributed by atoms with van der Waals surface area (Å²) in [5.74, 6) is 0.276. The van der Waals surface area contributed by atoms with Gasteiger partial charge in [0.25, 0.3) is 0 Å². The smallest absolute Gasteiger partial charge is 0.338 e. The standard InChI is InChI=1S/C12H14O2/c1-7(2)9-4-8(3)11-6-14-12(13)10(11)5-9/h4-5,7H,6H2,1-3H3. The van der Waals surface area contributed by atoms with Crippen LogP contribution in [-0.4, -0.2) is 5.97 Å². The fraction of sp³-hybridized carbons (Fsp3) is 0.417. The van der Waals surface area contributed by atoms with Crippen molar-refractivity contribution in [3.8, 4) is 0 Å². The normalized spacial score (nSPS) is 14.4. The predicted molar refractivity (Wildman–Crippen MR) is 54.4 cm³/mol. The molecule has 74 valence electrons. The molecule has 0 aromatic heterocycles. The van der Waals surface area contributed by atoms with Crippen LogP contribution in [0.3, 0.4) is 0 Å². The first-order valence-electron chi connectivity index (χ1n) is 4.90. The Kier molecular flexibility index (Phi) is 2.06. The van der Waals surface area contributed by atoms with E-state index in [0.717, 1.165) is 16.7 Å². The Bertz CT molecular complexity index is 392. The zero-order valence-corrected chi connectivity index (χ0v) is 8.76. The molecule has 1 heterocycles. The minimum absolute atomic E-state index is 0.175. The molecule has 0 amide bonds. The fourth-order valence-corrected chi connectivity index (χ4v) is 1.77. The summed E-state index contributed by atoms with van der Waals surface area (Å²) in [7, 11) is 0. The Morgan fingerprint density at radius 1 is 1.36 bits per heavy atom. The second kappa shape index (κ2) is 3.12. The van der Waals surface area contributed by atoms with Gasteiger partial charge in [-0.1, -0.05) is 19.9 Å². The number of rotatable bonds is 1. The molecule has 1 aliphatic heterocycles. The Morgan fingerprint density at radius 3 is 2.71 bits per heavy atom. The topological polar surface area (TPSA) is 26.3 Å². The molecule has 0 saturated carbocycles. The van der Waals surface area contributed by atoms with E-state index in [0.29, 0.717) is 12.5 Å². The number of carbonyl (C=O) groups is 1. The number of hydrogen-bond donors (Lipinski definition) is 0. The van der Waals surface area contributed by atoms with E-state index >= 15 is 0 Å². The summed E-state index contributed by atoms with van der Waals surface area (Å²) in [5, 5.41) is 0. The minimum Gasteiger partial charge on any atom is -0.457 e. The molecule has 2 nitrogen and oxygen atoms in total. The quantitative estimate of drug-likeness (QED) is 0.636. The number of fused-ring (bicyclic) bond motifs is 1. The number of cyclic esters (lactones) is 1. The van der Waals surface area contributed by atoms with Crippen molar-refractivity contribution >= 4 is 5.97 Å². The van der Waals surface area contributed by atoms with E-state index in [2.05, 4.69) is 19.9 Å². The molecule has 1 aromatic carbocycles. The van der Waals surface area contributed by atoms with Gasteiger partial charge in [0.2, 0.25) is 0 Å². The molecule has 0 N–H and O–H groups in total. The van der Waals surface area contributed by atoms with Crippen molar-refractivity contribution in [2.75, 3.05) is 0 Å². The maximum Gasteiger partial charge on any atom is 0.338 e. The van der Waals surface area contributed by atoms with Crippen molar-refractivity contribution < 1.29 is 9.53 Å². The summed E-state index contributed by atoms with van der Waals surface area (Å²) in [5.41, 5.74) is 4.19. The lowest BCUT2D eigenvalue weighted by atomic mass is 9.95. The van der Waals surface area contributed by atoms with Gasteiger partial charge in [-0.25, -0.2) is 4.79 Å². The van der Waals surface area contributed by atoms with E-state index in [-0.39, 0.29) is 5.97 Å². The first kappa shape index (κ1) is 9.25. The van der Waals surface area contributed by atoms with Crippen molar-refractivity contribution in [2.24, 2.45) is 0 Å². The third kappa shape index (κ3) is 1.31. The molecule has 0 atom stereocenters. The molecule has 1 aliphatic rings. The largest absolute Gasteiger partial charge is 0.457 e. The van der Waals surface area contributed by atoms with Crippen molar-refractivity contribution in [1.82, 2.24) is 0 Å². The van der Waals surface area contributed by atoms with Gasteiger partial charge < -0.3 is 4.74 Å². The summed E-state index contributed by atoms with van der Waals surface area (Å²) in [4.78, 5) is 11.4. The molecule has 0 fully saturated rings. The molecule has 0 radical (unpaired) electrons. The third-order valence-corrected chi connectivity index (χ3v) is 2.73. The lowest BCUT2D eigenvalue weighted by molar-refractivity contribution is 0.0535. The molecule has 0 saturated heterocycles. The van der Waals surface area contributed by atoms with E-state index in [1.54, 1.807) is 0 Å². The molecule has 1 aromatic rings. The maximum absolute atomic E-state index is 11.4. The summed E-state index contributed by atoms with van der Waals surface area (Å²) in [6.45, 7) is 6.73. The molecular formula is C12H14O2. The highest BCUT2D eigenvalue weighted by molar-refractivity contribution is 5.94. The molecule has 2 heteroatoms. The summed E-state index contributed by atoms with van der Waals surface area (Å²) in [6, 6.07) is 4.10. The van der Waals surface area contributed by atoms with Crippen molar-refractivity contribution in [3.63, 3.8) is 0 Å². The molecule has 14 heavy (non-hydrogen) atoms. The van der Waals surface area contributed by atoms with Gasteiger partial charge in [0, 0.05) is 5.56 Å². The highest BCUT2D eigenvalue weighted by Gasteiger charge is 2.23. The molecule has 2 rings (SSSR count). The predicted octanol–water partition coefficient (Wildman–Crippen LogP) is 2.79. The van der Waals surface area contributed by atoms with Crippen LogP contribution in [0.4, 0.5) is 0 Å². The highest BCUT2D eigenvalue weighted by atomic mass is 16.5. The van der Waals surface area contributed by atoms with Crippen LogP contribution in [-0.2, 0) is 11.3 Å². The maximum atomic E-state index is 11.4. The van der Waals surface area contributed by atoms with Crippen LogP contribution in [0.1, 0.15) is 46.8 Å². The molecule has 0 bridgehead atoms. The second-order valence-electron chi connectivity index (χ2n) is 4.09. The fourth-order valence-electron chi connectivity index (χ4n) is 1.77. The van der Waals surface area contributed by atoms with Gasteiger partial charge in [-0.2, -0.15) is 0 Å². The Morgan fingerprint density at radius 2 is 2.07 bits per heavy atom.